The van der Waals surface area contributed by atoms with E-state index in [0.29, 0.717) is 11.5 Å². The first-order valence-corrected chi connectivity index (χ1v) is 10.9. The Morgan fingerprint density at radius 3 is 2.33 bits per heavy atom. The first-order valence-electron chi connectivity index (χ1n) is 8.61. The number of aromatic nitrogens is 1. The number of amides is 1. The Labute approximate surface area is 168 Å². The number of nitrogens with zero attached hydrogens (tertiary/aromatic N) is 1. The van der Waals surface area contributed by atoms with Crippen molar-refractivity contribution in [2.75, 3.05) is 17.2 Å². The molecule has 0 atom stereocenters. The molecule has 146 valence electrons. The van der Waals surface area contributed by atoms with Crippen LogP contribution in [0.5, 0.6) is 0 Å². The number of benzene rings is 1. The van der Waals surface area contributed by atoms with Crippen LogP contribution in [0.2, 0.25) is 0 Å². The van der Waals surface area contributed by atoms with Crippen molar-refractivity contribution in [1.82, 2.24) is 9.71 Å². The fraction of sp³-hybridized carbons (Fsp3) is 0.333. The van der Waals surface area contributed by atoms with E-state index in [1.165, 1.54) is 18.3 Å². The number of carbonyl (C=O) groups is 1. The Morgan fingerprint density at radius 2 is 1.78 bits per heavy atom. The normalized spacial score (nSPS) is 11.4. The molecule has 1 heterocycles. The maximum Gasteiger partial charge on any atom is 0.243 e. The van der Waals surface area contributed by atoms with Gasteiger partial charge in [0.1, 0.15) is 10.7 Å². The van der Waals surface area contributed by atoms with Gasteiger partial charge in [-0.15, -0.1) is 0 Å². The largest absolute Gasteiger partial charge is 0.361 e. The van der Waals surface area contributed by atoms with Gasteiger partial charge in [0.15, 0.2) is 0 Å². The van der Waals surface area contributed by atoms with Gasteiger partial charge in [-0.1, -0.05) is 29.8 Å². The highest BCUT2D eigenvalue weighted by atomic mass is 79.9. The van der Waals surface area contributed by atoms with Crippen molar-refractivity contribution in [3.05, 3.63) is 47.1 Å². The number of sulfonamides is 1. The quantitative estimate of drug-likeness (QED) is 0.539. The number of nitrogens with one attached hydrogen (secondary N) is 3. The molecule has 1 aromatic carbocycles. The van der Waals surface area contributed by atoms with Gasteiger partial charge < -0.3 is 10.6 Å². The third-order valence-electron chi connectivity index (χ3n) is 3.91. The average Bonchev–Trinajstić information content (AvgIpc) is 2.66. The molecule has 2 aromatic rings. The van der Waals surface area contributed by atoms with Crippen LogP contribution < -0.4 is 15.4 Å². The van der Waals surface area contributed by atoms with Crippen molar-refractivity contribution in [1.29, 1.82) is 0 Å². The van der Waals surface area contributed by atoms with Gasteiger partial charge in [0.05, 0.1) is 6.54 Å². The summed E-state index contributed by atoms with van der Waals surface area (Å²) in [4.78, 5) is 16.1. The van der Waals surface area contributed by atoms with Gasteiger partial charge in [0.25, 0.3) is 0 Å². The van der Waals surface area contributed by atoms with Crippen molar-refractivity contribution in [3.8, 4) is 0 Å². The molecule has 0 bridgehead atoms. The zero-order valence-corrected chi connectivity index (χ0v) is 17.6. The highest BCUT2D eigenvalue weighted by Gasteiger charge is 2.18. The van der Waals surface area contributed by atoms with Crippen LogP contribution in [0.1, 0.15) is 26.7 Å². The second kappa shape index (κ2) is 9.82. The molecule has 0 aliphatic rings. The van der Waals surface area contributed by atoms with E-state index in [0.717, 1.165) is 17.3 Å². The number of halogens is 1. The zero-order chi connectivity index (χ0) is 19.9. The van der Waals surface area contributed by atoms with Crippen LogP contribution in [0, 0.1) is 0 Å². The van der Waals surface area contributed by atoms with Crippen molar-refractivity contribution < 1.29 is 13.2 Å². The molecule has 0 radical (unpaired) electrons. The maximum absolute atomic E-state index is 12.3. The third kappa shape index (κ3) is 6.60. The maximum atomic E-state index is 12.3. The fourth-order valence-corrected chi connectivity index (χ4v) is 3.91. The predicted octanol–water partition coefficient (Wildman–Crippen LogP) is 3.36. The molecule has 0 aliphatic heterocycles. The minimum atomic E-state index is -3.60. The molecule has 0 saturated heterocycles. The van der Waals surface area contributed by atoms with Crippen molar-refractivity contribution in [2.24, 2.45) is 0 Å². The Balaban J connectivity index is 1.91. The average molecular weight is 455 g/mol. The van der Waals surface area contributed by atoms with E-state index in [-0.39, 0.29) is 23.4 Å². The lowest BCUT2D eigenvalue weighted by molar-refractivity contribution is -0.114. The second-order valence-corrected chi connectivity index (χ2v) is 8.55. The standard InChI is InChI=1S/C18H23BrN4O3S/c1-3-14(4-2)23-27(25,26)16-9-10-17(20-11-16)21-12-18(24)22-15-7-5-13(19)6-8-15/h5-11,14,23H,3-4,12H2,1-2H3,(H,20,21)(H,22,24). The summed E-state index contributed by atoms with van der Waals surface area (Å²) in [5.41, 5.74) is 0.687. The first kappa shape index (κ1) is 21.3. The summed E-state index contributed by atoms with van der Waals surface area (Å²) in [7, 11) is -3.60. The van der Waals surface area contributed by atoms with Crippen molar-refractivity contribution >= 4 is 43.4 Å². The Kier molecular flexibility index (Phi) is 7.76. The number of hydrogen-bond acceptors (Lipinski definition) is 5. The second-order valence-electron chi connectivity index (χ2n) is 5.92. The molecule has 0 saturated carbocycles. The Morgan fingerprint density at radius 1 is 1.11 bits per heavy atom. The minimum absolute atomic E-state index is 0.0150. The molecule has 0 unspecified atom stereocenters. The van der Waals surface area contributed by atoms with Gasteiger partial charge >= 0.3 is 0 Å². The molecular formula is C18H23BrN4O3S. The van der Waals surface area contributed by atoms with Crippen LogP contribution in [0.25, 0.3) is 0 Å². The lowest BCUT2D eigenvalue weighted by atomic mass is 10.2. The SMILES string of the molecule is CCC(CC)NS(=O)(=O)c1ccc(NCC(=O)Nc2ccc(Br)cc2)nc1. The van der Waals surface area contributed by atoms with E-state index in [1.807, 2.05) is 26.0 Å². The smallest absolute Gasteiger partial charge is 0.243 e. The summed E-state index contributed by atoms with van der Waals surface area (Å²) >= 11 is 3.33. The monoisotopic (exact) mass is 454 g/mol. The number of rotatable bonds is 9. The molecular weight excluding hydrogens is 432 g/mol. The highest BCUT2D eigenvalue weighted by Crippen LogP contribution is 2.15. The zero-order valence-electron chi connectivity index (χ0n) is 15.2. The Bertz CT molecular complexity index is 851. The number of pyridine rings is 1. The molecule has 1 aromatic heterocycles. The molecule has 1 amide bonds. The van der Waals surface area contributed by atoms with E-state index >= 15 is 0 Å². The first-order chi connectivity index (χ1) is 12.8. The van der Waals surface area contributed by atoms with E-state index in [4.69, 9.17) is 0 Å². The summed E-state index contributed by atoms with van der Waals surface area (Å²) in [6, 6.07) is 10.1. The molecule has 27 heavy (non-hydrogen) atoms. The molecule has 9 heteroatoms. The number of hydrogen-bond donors (Lipinski definition) is 3. The third-order valence-corrected chi connectivity index (χ3v) is 5.95. The van der Waals surface area contributed by atoms with Gasteiger partial charge in [-0.25, -0.2) is 18.1 Å². The number of anilines is 2. The van der Waals surface area contributed by atoms with Crippen LogP contribution in [-0.2, 0) is 14.8 Å². The fourth-order valence-electron chi connectivity index (χ4n) is 2.30. The number of carbonyl (C=O) groups excluding carboxylic acids is 1. The summed E-state index contributed by atoms with van der Waals surface area (Å²) in [6.07, 6.45) is 2.71. The summed E-state index contributed by atoms with van der Waals surface area (Å²) in [5, 5.41) is 5.62. The van der Waals surface area contributed by atoms with Gasteiger partial charge in [-0.05, 0) is 49.2 Å². The van der Waals surface area contributed by atoms with Crippen molar-refractivity contribution in [2.45, 2.75) is 37.6 Å². The van der Waals surface area contributed by atoms with Crippen molar-refractivity contribution in [3.63, 3.8) is 0 Å². The van der Waals surface area contributed by atoms with Gasteiger partial charge in [0, 0.05) is 22.4 Å². The summed E-state index contributed by atoms with van der Waals surface area (Å²) < 4.78 is 28.2. The topological polar surface area (TPSA) is 100 Å². The van der Waals surface area contributed by atoms with Crippen LogP contribution in [0.3, 0.4) is 0 Å². The van der Waals surface area contributed by atoms with E-state index in [1.54, 1.807) is 12.1 Å². The summed E-state index contributed by atoms with van der Waals surface area (Å²) in [6.45, 7) is 3.88. The molecule has 7 nitrogen and oxygen atoms in total. The van der Waals surface area contributed by atoms with E-state index in [2.05, 4.69) is 36.3 Å². The van der Waals surface area contributed by atoms with Gasteiger partial charge in [-0.3, -0.25) is 4.79 Å². The highest BCUT2D eigenvalue weighted by molar-refractivity contribution is 9.10. The molecule has 0 fully saturated rings. The minimum Gasteiger partial charge on any atom is -0.361 e. The molecule has 3 N–H and O–H groups in total. The van der Waals surface area contributed by atoms with Crippen LogP contribution in [0.4, 0.5) is 11.5 Å². The summed E-state index contributed by atoms with van der Waals surface area (Å²) in [5.74, 6) is 0.189. The van der Waals surface area contributed by atoms with E-state index < -0.39 is 10.0 Å². The molecule has 0 spiro atoms. The lowest BCUT2D eigenvalue weighted by Gasteiger charge is -2.15. The van der Waals surface area contributed by atoms with Gasteiger partial charge in [0.2, 0.25) is 15.9 Å². The molecule has 0 aliphatic carbocycles. The Hall–Kier alpha value is -1.97. The van der Waals surface area contributed by atoms with Crippen LogP contribution in [0.15, 0.2) is 52.0 Å². The van der Waals surface area contributed by atoms with E-state index in [9.17, 15) is 13.2 Å². The predicted molar refractivity (Wildman–Crippen MR) is 110 cm³/mol. The molecule has 2 rings (SSSR count). The van der Waals surface area contributed by atoms with Crippen LogP contribution in [-0.4, -0.2) is 31.9 Å². The van der Waals surface area contributed by atoms with Gasteiger partial charge in [-0.2, -0.15) is 0 Å². The lowest BCUT2D eigenvalue weighted by Crippen LogP contribution is -2.33. The van der Waals surface area contributed by atoms with Crippen LogP contribution >= 0.6 is 15.9 Å².